The zero-order valence-corrected chi connectivity index (χ0v) is 9.99. The zero-order valence-electron chi connectivity index (χ0n) is 9.17. The molecular formula is C11H10N4OS. The summed E-state index contributed by atoms with van der Waals surface area (Å²) in [5.74, 6) is 0.0715. The molecule has 3 rings (SSSR count). The molecule has 1 aromatic heterocycles. The van der Waals surface area contributed by atoms with Crippen molar-refractivity contribution in [1.29, 1.82) is 0 Å². The minimum Gasteiger partial charge on any atom is -0.345 e. The Bertz CT molecular complexity index is 619. The Morgan fingerprint density at radius 2 is 2.35 bits per heavy atom. The van der Waals surface area contributed by atoms with Crippen LogP contribution in [0.25, 0.3) is 11.0 Å². The van der Waals surface area contributed by atoms with Crippen LogP contribution in [0.15, 0.2) is 29.6 Å². The normalized spacial score (nSPS) is 15.7. The summed E-state index contributed by atoms with van der Waals surface area (Å²) in [5, 5.41) is 6.56. The van der Waals surface area contributed by atoms with Gasteiger partial charge in [-0.2, -0.15) is 5.10 Å². The number of hydrazone groups is 1. The second-order valence-electron chi connectivity index (χ2n) is 3.69. The Balaban J connectivity index is 1.99. The molecule has 5 nitrogen and oxygen atoms in total. The van der Waals surface area contributed by atoms with Gasteiger partial charge in [0, 0.05) is 0 Å². The first-order chi connectivity index (χ1) is 8.28. The number of nitrogens with zero attached hydrogens (tertiary/aromatic N) is 3. The van der Waals surface area contributed by atoms with Gasteiger partial charge < -0.3 is 4.98 Å². The van der Waals surface area contributed by atoms with Crippen molar-refractivity contribution in [2.75, 3.05) is 17.8 Å². The highest BCUT2D eigenvalue weighted by molar-refractivity contribution is 8.15. The number of carbonyl (C=O) groups excluding carboxylic acids is 1. The van der Waals surface area contributed by atoms with Gasteiger partial charge in [-0.05, 0) is 24.5 Å². The Hall–Kier alpha value is -1.82. The van der Waals surface area contributed by atoms with Gasteiger partial charge in [-0.3, -0.25) is 9.80 Å². The van der Waals surface area contributed by atoms with Crippen molar-refractivity contribution in [2.45, 2.75) is 0 Å². The van der Waals surface area contributed by atoms with Crippen molar-refractivity contribution in [3.8, 4) is 0 Å². The fourth-order valence-electron chi connectivity index (χ4n) is 1.79. The maximum atomic E-state index is 11.6. The fraction of sp³-hybridized carbons (Fsp3) is 0.182. The van der Waals surface area contributed by atoms with Gasteiger partial charge in [0.1, 0.15) is 6.54 Å². The van der Waals surface area contributed by atoms with Crippen LogP contribution in [-0.4, -0.2) is 33.6 Å². The third-order valence-electron chi connectivity index (χ3n) is 2.64. The number of imidazole rings is 1. The molecule has 0 saturated heterocycles. The number of aromatic nitrogens is 2. The molecule has 1 N–H and O–H groups in total. The number of fused-ring (bicyclic) bond motifs is 1. The molecule has 1 aliphatic rings. The van der Waals surface area contributed by atoms with Gasteiger partial charge in [0.25, 0.3) is 0 Å². The van der Waals surface area contributed by atoms with E-state index in [1.807, 2.05) is 24.5 Å². The number of rotatable bonds is 1. The molecule has 0 atom stereocenters. The monoisotopic (exact) mass is 246 g/mol. The van der Waals surface area contributed by atoms with Crippen LogP contribution in [0, 0.1) is 0 Å². The van der Waals surface area contributed by atoms with E-state index in [9.17, 15) is 4.79 Å². The predicted octanol–water partition coefficient (Wildman–Crippen LogP) is 1.63. The number of Topliss-reactive ketones (excluding diaryl/α,β-unsaturated/α-hetero) is 1. The first-order valence-corrected chi connectivity index (χ1v) is 6.37. The minimum atomic E-state index is 0.0715. The molecule has 0 spiro atoms. The molecule has 1 aromatic carbocycles. The number of nitrogens with one attached hydrogen (secondary N) is 1. The molecule has 0 fully saturated rings. The number of thioether (sulfide) groups is 1. The first kappa shape index (κ1) is 10.3. The van der Waals surface area contributed by atoms with Crippen LogP contribution in [0.2, 0.25) is 0 Å². The average molecular weight is 246 g/mol. The van der Waals surface area contributed by atoms with Crippen LogP contribution in [0.4, 0.5) is 5.69 Å². The lowest BCUT2D eigenvalue weighted by molar-refractivity contribution is -0.111. The van der Waals surface area contributed by atoms with E-state index in [0.29, 0.717) is 11.6 Å². The Kier molecular flexibility index (Phi) is 2.36. The highest BCUT2D eigenvalue weighted by Crippen LogP contribution is 2.23. The Morgan fingerprint density at radius 1 is 1.47 bits per heavy atom. The molecule has 0 bridgehead atoms. The highest BCUT2D eigenvalue weighted by Gasteiger charge is 2.24. The molecule has 0 saturated carbocycles. The van der Waals surface area contributed by atoms with E-state index in [4.69, 9.17) is 0 Å². The van der Waals surface area contributed by atoms with Gasteiger partial charge in [-0.25, -0.2) is 4.98 Å². The van der Waals surface area contributed by atoms with Gasteiger partial charge >= 0.3 is 0 Å². The van der Waals surface area contributed by atoms with Crippen molar-refractivity contribution < 1.29 is 4.79 Å². The summed E-state index contributed by atoms with van der Waals surface area (Å²) >= 11 is 1.38. The highest BCUT2D eigenvalue weighted by atomic mass is 32.2. The number of H-pyrrole nitrogens is 1. The van der Waals surface area contributed by atoms with Crippen LogP contribution in [0.1, 0.15) is 0 Å². The van der Waals surface area contributed by atoms with E-state index in [-0.39, 0.29) is 5.78 Å². The SMILES string of the molecule is CSC1=NN(c2ccc3nc[nH]c3c2)CC1=O. The topological polar surface area (TPSA) is 61.4 Å². The zero-order chi connectivity index (χ0) is 11.8. The number of anilines is 1. The van der Waals surface area contributed by atoms with E-state index in [1.165, 1.54) is 11.8 Å². The number of hydrogen-bond donors (Lipinski definition) is 1. The average Bonchev–Trinajstić information content (AvgIpc) is 2.93. The number of aromatic amines is 1. The molecule has 0 amide bonds. The summed E-state index contributed by atoms with van der Waals surface area (Å²) in [5.41, 5.74) is 2.76. The van der Waals surface area contributed by atoms with Gasteiger partial charge in [-0.15, -0.1) is 11.8 Å². The molecular weight excluding hydrogens is 236 g/mol. The second-order valence-corrected chi connectivity index (χ2v) is 4.49. The smallest absolute Gasteiger partial charge is 0.210 e. The molecule has 0 radical (unpaired) electrons. The van der Waals surface area contributed by atoms with Crippen molar-refractivity contribution in [1.82, 2.24) is 9.97 Å². The summed E-state index contributed by atoms with van der Waals surface area (Å²) in [6, 6.07) is 5.78. The van der Waals surface area contributed by atoms with Crippen molar-refractivity contribution >= 4 is 39.3 Å². The maximum Gasteiger partial charge on any atom is 0.210 e. The van der Waals surface area contributed by atoms with Crippen LogP contribution >= 0.6 is 11.8 Å². The van der Waals surface area contributed by atoms with E-state index < -0.39 is 0 Å². The lowest BCUT2D eigenvalue weighted by Gasteiger charge is -2.11. The van der Waals surface area contributed by atoms with Crippen LogP contribution in [0.3, 0.4) is 0 Å². The standard InChI is InChI=1S/C11H10N4OS/c1-17-11-10(16)5-15(14-11)7-2-3-8-9(4-7)13-6-12-8/h2-4,6H,5H2,1H3,(H,12,13). The van der Waals surface area contributed by atoms with Gasteiger partial charge in [-0.1, -0.05) is 0 Å². The summed E-state index contributed by atoms with van der Waals surface area (Å²) in [4.78, 5) is 18.8. The third kappa shape index (κ3) is 1.70. The summed E-state index contributed by atoms with van der Waals surface area (Å²) < 4.78 is 0. The number of ketones is 1. The van der Waals surface area contributed by atoms with E-state index in [0.717, 1.165) is 16.7 Å². The molecule has 1 aliphatic heterocycles. The van der Waals surface area contributed by atoms with E-state index in [2.05, 4.69) is 15.1 Å². The fourth-order valence-corrected chi connectivity index (χ4v) is 2.26. The molecule has 2 heterocycles. The Morgan fingerprint density at radius 3 is 3.12 bits per heavy atom. The molecule has 17 heavy (non-hydrogen) atoms. The summed E-state index contributed by atoms with van der Waals surface area (Å²) in [7, 11) is 0. The number of carbonyl (C=O) groups is 1. The van der Waals surface area contributed by atoms with Crippen molar-refractivity contribution in [2.24, 2.45) is 5.10 Å². The van der Waals surface area contributed by atoms with Gasteiger partial charge in [0.2, 0.25) is 5.78 Å². The van der Waals surface area contributed by atoms with Gasteiger partial charge in [0.05, 0.1) is 23.0 Å². The third-order valence-corrected chi connectivity index (χ3v) is 3.33. The first-order valence-electron chi connectivity index (χ1n) is 5.14. The minimum absolute atomic E-state index is 0.0715. The lowest BCUT2D eigenvalue weighted by atomic mass is 10.2. The van der Waals surface area contributed by atoms with Crippen LogP contribution in [-0.2, 0) is 4.79 Å². The Labute approximate surface area is 102 Å². The van der Waals surface area contributed by atoms with Crippen molar-refractivity contribution in [3.05, 3.63) is 24.5 Å². The molecule has 6 heteroatoms. The summed E-state index contributed by atoms with van der Waals surface area (Å²) in [6.45, 7) is 0.315. The largest absolute Gasteiger partial charge is 0.345 e. The quantitative estimate of drug-likeness (QED) is 0.830. The molecule has 86 valence electrons. The lowest BCUT2D eigenvalue weighted by Crippen LogP contribution is -2.17. The predicted molar refractivity (Wildman–Crippen MR) is 69.4 cm³/mol. The van der Waals surface area contributed by atoms with Crippen LogP contribution < -0.4 is 5.01 Å². The van der Waals surface area contributed by atoms with E-state index in [1.54, 1.807) is 11.3 Å². The molecule has 0 unspecified atom stereocenters. The van der Waals surface area contributed by atoms with Gasteiger partial charge in [0.15, 0.2) is 5.04 Å². The van der Waals surface area contributed by atoms with Crippen molar-refractivity contribution in [3.63, 3.8) is 0 Å². The molecule has 2 aromatic rings. The van der Waals surface area contributed by atoms with Crippen LogP contribution in [0.5, 0.6) is 0 Å². The summed E-state index contributed by atoms with van der Waals surface area (Å²) in [6.07, 6.45) is 3.51. The maximum absolute atomic E-state index is 11.6. The molecule has 0 aliphatic carbocycles. The number of benzene rings is 1. The van der Waals surface area contributed by atoms with E-state index >= 15 is 0 Å². The second kappa shape index (κ2) is 3.89. The number of hydrogen-bond acceptors (Lipinski definition) is 5.